The molecule has 0 saturated carbocycles. The molecule has 6 rings (SSSR count). The number of hydrogen-bond donors (Lipinski definition) is 0. The highest BCUT2D eigenvalue weighted by molar-refractivity contribution is 6.34. The maximum Gasteiger partial charge on any atom is 0.416 e. The van der Waals surface area contributed by atoms with E-state index in [4.69, 9.17) is 11.6 Å². The minimum Gasteiger partial charge on any atom is -0.362 e. The van der Waals surface area contributed by atoms with Gasteiger partial charge in [-0.15, -0.1) is 0 Å². The molecule has 13 heteroatoms. The predicted octanol–water partition coefficient (Wildman–Crippen LogP) is 4.89. The molecule has 3 aromatic rings. The smallest absolute Gasteiger partial charge is 0.362 e. The molecular formula is C31H28ClF3N6O3. The van der Waals surface area contributed by atoms with E-state index in [1.165, 1.54) is 17.9 Å². The SMILES string of the molecule is C=CC(=O)N1Cc2cnc(CN3C[C@H]4CC(=O)N(c5cc(C(F)(F)F)cc(C)n5)[C@@H]4C(=O)N(C)c4cccc(Cl)c43)cc2C1. The third-order valence-electron chi connectivity index (χ3n) is 8.33. The average molecular weight is 625 g/mol. The standard InChI is InChI=1S/C31H28ClF3N6O3/c1-4-26(42)39-13-18-9-22(36-12-20(18)15-39)16-40-14-19-10-27(43)41(25-11-21(31(33,34)35)8-17(2)37-25)28(19)30(44)38(3)24-7-5-6-23(32)29(24)40/h4-9,11-12,19,28H,1,10,13-16H2,2-3H3/t19-,28+/m1/s1. The van der Waals surface area contributed by atoms with Crippen molar-refractivity contribution in [2.75, 3.05) is 28.3 Å². The van der Waals surface area contributed by atoms with Crippen molar-refractivity contribution in [3.05, 3.63) is 88.4 Å². The van der Waals surface area contributed by atoms with Crippen LogP contribution >= 0.6 is 11.6 Å². The largest absolute Gasteiger partial charge is 0.416 e. The molecule has 228 valence electrons. The molecule has 9 nitrogen and oxygen atoms in total. The molecule has 2 aromatic heterocycles. The van der Waals surface area contributed by atoms with Crippen molar-refractivity contribution in [1.82, 2.24) is 14.9 Å². The van der Waals surface area contributed by atoms with Crippen molar-refractivity contribution in [1.29, 1.82) is 0 Å². The molecule has 44 heavy (non-hydrogen) atoms. The Kier molecular flexibility index (Phi) is 7.35. The van der Waals surface area contributed by atoms with E-state index < -0.39 is 35.5 Å². The van der Waals surface area contributed by atoms with Crippen molar-refractivity contribution < 1.29 is 27.6 Å². The fourth-order valence-electron chi connectivity index (χ4n) is 6.31. The van der Waals surface area contributed by atoms with Gasteiger partial charge in [-0.2, -0.15) is 13.2 Å². The fourth-order valence-corrected chi connectivity index (χ4v) is 6.60. The van der Waals surface area contributed by atoms with Crippen molar-refractivity contribution >= 4 is 46.5 Å². The first-order chi connectivity index (χ1) is 20.8. The first kappa shape index (κ1) is 29.6. The molecule has 0 radical (unpaired) electrons. The number of fused-ring (bicyclic) bond motifs is 3. The van der Waals surface area contributed by atoms with Gasteiger partial charge in [0.1, 0.15) is 11.9 Å². The average Bonchev–Trinajstić information content (AvgIpc) is 3.54. The van der Waals surface area contributed by atoms with Crippen LogP contribution in [0.4, 0.5) is 30.4 Å². The molecule has 5 heterocycles. The summed E-state index contributed by atoms with van der Waals surface area (Å²) < 4.78 is 41.1. The lowest BCUT2D eigenvalue weighted by Crippen LogP contribution is -2.52. The number of aryl methyl sites for hydroxylation is 1. The first-order valence-corrected chi connectivity index (χ1v) is 14.3. The number of pyridine rings is 2. The van der Waals surface area contributed by atoms with Gasteiger partial charge in [0, 0.05) is 50.9 Å². The summed E-state index contributed by atoms with van der Waals surface area (Å²) in [7, 11) is 1.56. The monoisotopic (exact) mass is 624 g/mol. The number of carbonyl (C=O) groups excluding carboxylic acids is 3. The van der Waals surface area contributed by atoms with Crippen molar-refractivity contribution in [2.24, 2.45) is 5.92 Å². The van der Waals surface area contributed by atoms with Gasteiger partial charge >= 0.3 is 6.18 Å². The molecule has 0 bridgehead atoms. The fraction of sp³-hybridized carbons (Fsp3) is 0.323. The third-order valence-corrected chi connectivity index (χ3v) is 8.63. The summed E-state index contributed by atoms with van der Waals surface area (Å²) in [5, 5.41) is 0.390. The molecule has 1 aromatic carbocycles. The Labute approximate surface area is 256 Å². The Bertz CT molecular complexity index is 1710. The van der Waals surface area contributed by atoms with E-state index in [0.29, 0.717) is 35.2 Å². The third kappa shape index (κ3) is 5.17. The van der Waals surface area contributed by atoms with Gasteiger partial charge in [0.05, 0.1) is 34.2 Å². The molecule has 3 aliphatic rings. The van der Waals surface area contributed by atoms with Crippen LogP contribution in [0.3, 0.4) is 0 Å². The Morgan fingerprint density at radius 2 is 1.91 bits per heavy atom. The van der Waals surface area contributed by atoms with Crippen LogP contribution in [0, 0.1) is 12.8 Å². The second-order valence-electron chi connectivity index (χ2n) is 11.3. The summed E-state index contributed by atoms with van der Waals surface area (Å²) in [6, 6.07) is 7.70. The van der Waals surface area contributed by atoms with E-state index in [1.54, 1.807) is 36.3 Å². The predicted molar refractivity (Wildman–Crippen MR) is 158 cm³/mol. The van der Waals surface area contributed by atoms with Gasteiger partial charge in [-0.05, 0) is 54.5 Å². The van der Waals surface area contributed by atoms with Gasteiger partial charge < -0.3 is 14.7 Å². The summed E-state index contributed by atoms with van der Waals surface area (Å²) in [6.07, 6.45) is -1.72. The van der Waals surface area contributed by atoms with E-state index in [-0.39, 0.29) is 36.9 Å². The number of likely N-dealkylation sites (N-methyl/N-ethyl adjacent to an activating group) is 1. The summed E-state index contributed by atoms with van der Waals surface area (Å²) >= 11 is 6.73. The van der Waals surface area contributed by atoms with Crippen LogP contribution in [-0.2, 0) is 40.2 Å². The Hall–Kier alpha value is -4.45. The quantitative estimate of drug-likeness (QED) is 0.384. The number of benzene rings is 1. The minimum absolute atomic E-state index is 0.0756. The molecule has 1 fully saturated rings. The maximum absolute atomic E-state index is 14.0. The Balaban J connectivity index is 1.39. The lowest BCUT2D eigenvalue weighted by atomic mass is 9.95. The van der Waals surface area contributed by atoms with E-state index >= 15 is 0 Å². The normalized spacial score (nSPS) is 19.9. The molecule has 0 unspecified atom stereocenters. The number of para-hydroxylation sites is 1. The zero-order valence-corrected chi connectivity index (χ0v) is 24.7. The highest BCUT2D eigenvalue weighted by Gasteiger charge is 2.49. The zero-order valence-electron chi connectivity index (χ0n) is 23.9. The number of hydrogen-bond acceptors (Lipinski definition) is 6. The van der Waals surface area contributed by atoms with Crippen LogP contribution in [-0.4, -0.2) is 52.2 Å². The van der Waals surface area contributed by atoms with E-state index in [0.717, 1.165) is 28.2 Å². The highest BCUT2D eigenvalue weighted by Crippen LogP contribution is 2.43. The molecule has 3 amide bonds. The van der Waals surface area contributed by atoms with Crippen LogP contribution < -0.4 is 14.7 Å². The Morgan fingerprint density at radius 1 is 1.16 bits per heavy atom. The van der Waals surface area contributed by atoms with Crippen LogP contribution in [0.2, 0.25) is 5.02 Å². The second kappa shape index (κ2) is 10.9. The summed E-state index contributed by atoms with van der Waals surface area (Å²) in [5.41, 5.74) is 2.76. The van der Waals surface area contributed by atoms with Gasteiger partial charge in [-0.3, -0.25) is 24.3 Å². The Morgan fingerprint density at radius 3 is 2.64 bits per heavy atom. The van der Waals surface area contributed by atoms with Gasteiger partial charge in [0.2, 0.25) is 17.7 Å². The van der Waals surface area contributed by atoms with Crippen molar-refractivity contribution in [3.8, 4) is 0 Å². The highest BCUT2D eigenvalue weighted by atomic mass is 35.5. The van der Waals surface area contributed by atoms with E-state index in [1.807, 2.05) is 11.0 Å². The van der Waals surface area contributed by atoms with Gasteiger partial charge in [-0.1, -0.05) is 24.2 Å². The van der Waals surface area contributed by atoms with E-state index in [2.05, 4.69) is 16.5 Å². The topological polar surface area (TPSA) is 90.0 Å². The zero-order chi connectivity index (χ0) is 31.5. The van der Waals surface area contributed by atoms with Gasteiger partial charge in [0.15, 0.2) is 0 Å². The van der Waals surface area contributed by atoms with E-state index in [9.17, 15) is 27.6 Å². The number of aromatic nitrogens is 2. The van der Waals surface area contributed by atoms with Crippen LogP contribution in [0.25, 0.3) is 0 Å². The van der Waals surface area contributed by atoms with Crippen molar-refractivity contribution in [2.45, 2.75) is 45.2 Å². The molecule has 2 atom stereocenters. The molecule has 1 saturated heterocycles. The number of anilines is 3. The van der Waals surface area contributed by atoms with Crippen LogP contribution in [0.1, 0.15) is 34.5 Å². The van der Waals surface area contributed by atoms with Gasteiger partial charge in [-0.25, -0.2) is 4.98 Å². The molecule has 0 spiro atoms. The maximum atomic E-state index is 14.0. The lowest BCUT2D eigenvalue weighted by Gasteiger charge is -2.39. The molecule has 0 aliphatic carbocycles. The summed E-state index contributed by atoms with van der Waals surface area (Å²) in [5.74, 6) is -1.93. The van der Waals surface area contributed by atoms with Crippen LogP contribution in [0.5, 0.6) is 0 Å². The number of amides is 3. The minimum atomic E-state index is -4.66. The summed E-state index contributed by atoms with van der Waals surface area (Å²) in [6.45, 7) is 6.29. The van der Waals surface area contributed by atoms with Crippen molar-refractivity contribution in [3.63, 3.8) is 0 Å². The second-order valence-corrected chi connectivity index (χ2v) is 11.7. The summed E-state index contributed by atoms with van der Waals surface area (Å²) in [4.78, 5) is 54.7. The van der Waals surface area contributed by atoms with Gasteiger partial charge in [0.25, 0.3) is 0 Å². The number of nitrogens with zero attached hydrogens (tertiary/aromatic N) is 6. The number of halogens is 4. The molecular weight excluding hydrogens is 597 g/mol. The number of rotatable bonds is 4. The van der Waals surface area contributed by atoms with Crippen LogP contribution in [0.15, 0.2) is 55.3 Å². The first-order valence-electron chi connectivity index (χ1n) is 13.9. The lowest BCUT2D eigenvalue weighted by molar-refractivity contribution is -0.137. The number of alkyl halides is 3. The molecule has 3 aliphatic heterocycles. The molecule has 0 N–H and O–H groups in total. The number of carbonyl (C=O) groups is 3.